The minimum absolute atomic E-state index is 0.00256. The molecule has 0 radical (unpaired) electrons. The summed E-state index contributed by atoms with van der Waals surface area (Å²) in [6, 6.07) is 9.42. The maximum absolute atomic E-state index is 13.2. The van der Waals surface area contributed by atoms with Gasteiger partial charge in [-0.15, -0.1) is 0 Å². The first-order valence-electron chi connectivity index (χ1n) is 10.5. The average Bonchev–Trinajstić information content (AvgIpc) is 3.08. The van der Waals surface area contributed by atoms with Crippen LogP contribution in [0.5, 0.6) is 17.2 Å². The van der Waals surface area contributed by atoms with Crippen molar-refractivity contribution in [3.8, 4) is 17.2 Å². The second kappa shape index (κ2) is 10.4. The minimum atomic E-state index is -0.853. The van der Waals surface area contributed by atoms with Gasteiger partial charge in [-0.3, -0.25) is 9.59 Å². The quantitative estimate of drug-likeness (QED) is 0.268. The van der Waals surface area contributed by atoms with Crippen LogP contribution in [0.3, 0.4) is 0 Å². The lowest BCUT2D eigenvalue weighted by Crippen LogP contribution is -2.31. The molecule has 8 heteroatoms. The number of nitrogens with zero attached hydrogens (tertiary/aromatic N) is 1. The lowest BCUT2D eigenvalue weighted by molar-refractivity contribution is -0.140. The van der Waals surface area contributed by atoms with Gasteiger partial charge in [0.1, 0.15) is 23.0 Å². The second-order valence-corrected chi connectivity index (χ2v) is 7.63. The number of benzene rings is 2. The molecule has 0 saturated carbocycles. The zero-order chi connectivity index (χ0) is 24.1. The highest BCUT2D eigenvalue weighted by atomic mass is 16.5. The number of carbonyl (C=O) groups excluding carboxylic acids is 2. The highest BCUT2D eigenvalue weighted by Gasteiger charge is 2.47. The molecular formula is C25H29NO7. The van der Waals surface area contributed by atoms with Crippen LogP contribution >= 0.6 is 0 Å². The molecule has 1 heterocycles. The largest absolute Gasteiger partial charge is 0.507 e. The molecule has 1 atom stereocenters. The summed E-state index contributed by atoms with van der Waals surface area (Å²) in [6.45, 7) is 2.48. The van der Waals surface area contributed by atoms with Crippen molar-refractivity contribution in [1.29, 1.82) is 0 Å². The van der Waals surface area contributed by atoms with Gasteiger partial charge in [0.05, 0.1) is 32.9 Å². The van der Waals surface area contributed by atoms with Crippen LogP contribution in [0.4, 0.5) is 0 Å². The highest BCUT2D eigenvalue weighted by Crippen LogP contribution is 2.44. The van der Waals surface area contributed by atoms with Crippen LogP contribution in [0.15, 0.2) is 42.0 Å². The Morgan fingerprint density at radius 1 is 0.970 bits per heavy atom. The molecule has 1 aliphatic rings. The first kappa shape index (κ1) is 24.1. The first-order chi connectivity index (χ1) is 15.9. The Morgan fingerprint density at radius 2 is 1.64 bits per heavy atom. The minimum Gasteiger partial charge on any atom is -0.507 e. The standard InChI is InChI=1S/C25H29NO7/c1-15-13-16(31-3)7-9-18(15)23(27)21-22(19-14-17(32-4)8-10-20(19)33-5)26(11-6-12-30-2)25(29)24(21)28/h7-10,13-14,22,27H,6,11-12H2,1-5H3/t22-/m1/s1. The monoisotopic (exact) mass is 455 g/mol. The number of likely N-dealkylation sites (tertiary alicyclic amines) is 1. The second-order valence-electron chi connectivity index (χ2n) is 7.63. The van der Waals surface area contributed by atoms with Gasteiger partial charge in [0.25, 0.3) is 11.7 Å². The molecule has 176 valence electrons. The van der Waals surface area contributed by atoms with Crippen molar-refractivity contribution in [2.75, 3.05) is 41.6 Å². The predicted octanol–water partition coefficient (Wildman–Crippen LogP) is 3.48. The SMILES string of the molecule is COCCCN1C(=O)C(=O)C(=C(O)c2ccc(OC)cc2C)[C@H]1c1cc(OC)ccc1OC. The number of amides is 1. The summed E-state index contributed by atoms with van der Waals surface area (Å²) in [5.74, 6) is -0.0675. The molecule has 33 heavy (non-hydrogen) atoms. The summed E-state index contributed by atoms with van der Waals surface area (Å²) >= 11 is 0. The van der Waals surface area contributed by atoms with E-state index >= 15 is 0 Å². The van der Waals surface area contributed by atoms with Gasteiger partial charge in [-0.05, 0) is 55.3 Å². The molecule has 0 aliphatic carbocycles. The smallest absolute Gasteiger partial charge is 0.295 e. The Balaban J connectivity index is 2.23. The van der Waals surface area contributed by atoms with Gasteiger partial charge in [0.2, 0.25) is 0 Å². The Labute approximate surface area is 193 Å². The summed E-state index contributed by atoms with van der Waals surface area (Å²) in [5.41, 5.74) is 1.68. The van der Waals surface area contributed by atoms with Gasteiger partial charge in [0.15, 0.2) is 0 Å². The van der Waals surface area contributed by atoms with Crippen molar-refractivity contribution in [3.05, 3.63) is 58.7 Å². The van der Waals surface area contributed by atoms with Crippen molar-refractivity contribution in [3.63, 3.8) is 0 Å². The summed E-state index contributed by atoms with van der Waals surface area (Å²) in [4.78, 5) is 27.7. The highest BCUT2D eigenvalue weighted by molar-refractivity contribution is 6.46. The van der Waals surface area contributed by atoms with Gasteiger partial charge in [-0.2, -0.15) is 0 Å². The number of ether oxygens (including phenoxy) is 4. The molecule has 0 unspecified atom stereocenters. The van der Waals surface area contributed by atoms with E-state index in [1.807, 2.05) is 0 Å². The number of aryl methyl sites for hydroxylation is 1. The third-order valence-electron chi connectivity index (χ3n) is 5.71. The van der Waals surface area contributed by atoms with E-state index in [-0.39, 0.29) is 17.9 Å². The molecule has 1 amide bonds. The maximum atomic E-state index is 13.2. The van der Waals surface area contributed by atoms with E-state index in [0.29, 0.717) is 47.0 Å². The number of aliphatic hydroxyl groups is 1. The molecule has 1 aliphatic heterocycles. The summed E-state index contributed by atoms with van der Waals surface area (Å²) in [5, 5.41) is 11.3. The van der Waals surface area contributed by atoms with Gasteiger partial charge in [0, 0.05) is 31.4 Å². The summed E-state index contributed by atoms with van der Waals surface area (Å²) in [7, 11) is 6.16. The maximum Gasteiger partial charge on any atom is 0.295 e. The van der Waals surface area contributed by atoms with E-state index in [1.54, 1.807) is 57.5 Å². The third-order valence-corrected chi connectivity index (χ3v) is 5.71. The number of carbonyl (C=O) groups is 2. The predicted molar refractivity (Wildman–Crippen MR) is 123 cm³/mol. The van der Waals surface area contributed by atoms with Crippen LogP contribution < -0.4 is 14.2 Å². The Kier molecular flexibility index (Phi) is 7.60. The molecule has 0 bridgehead atoms. The first-order valence-corrected chi connectivity index (χ1v) is 10.5. The van der Waals surface area contributed by atoms with Gasteiger partial charge >= 0.3 is 0 Å². The van der Waals surface area contributed by atoms with Crippen molar-refractivity contribution >= 4 is 17.4 Å². The number of aliphatic hydroxyl groups excluding tert-OH is 1. The summed E-state index contributed by atoms with van der Waals surface area (Å²) < 4.78 is 21.3. The van der Waals surface area contributed by atoms with Crippen molar-refractivity contribution < 1.29 is 33.6 Å². The number of methoxy groups -OCH3 is 4. The van der Waals surface area contributed by atoms with E-state index in [9.17, 15) is 14.7 Å². The van der Waals surface area contributed by atoms with E-state index in [4.69, 9.17) is 18.9 Å². The van der Waals surface area contributed by atoms with Crippen LogP contribution in [-0.4, -0.2) is 63.3 Å². The van der Waals surface area contributed by atoms with Crippen LogP contribution in [-0.2, 0) is 14.3 Å². The van der Waals surface area contributed by atoms with E-state index in [1.165, 1.54) is 19.1 Å². The fourth-order valence-electron chi connectivity index (χ4n) is 4.04. The molecule has 1 saturated heterocycles. The van der Waals surface area contributed by atoms with E-state index < -0.39 is 17.7 Å². The molecule has 3 rings (SSSR count). The van der Waals surface area contributed by atoms with E-state index in [0.717, 1.165) is 0 Å². The van der Waals surface area contributed by atoms with E-state index in [2.05, 4.69) is 0 Å². The number of rotatable bonds is 9. The molecule has 1 fully saturated rings. The molecule has 2 aromatic rings. The topological polar surface area (TPSA) is 94.5 Å². The van der Waals surface area contributed by atoms with Gasteiger partial charge in [-0.1, -0.05) is 0 Å². The molecule has 1 N–H and O–H groups in total. The van der Waals surface area contributed by atoms with Crippen LogP contribution in [0.2, 0.25) is 0 Å². The van der Waals surface area contributed by atoms with Gasteiger partial charge < -0.3 is 29.0 Å². The number of hydrogen-bond donors (Lipinski definition) is 1. The Morgan fingerprint density at radius 3 is 2.24 bits per heavy atom. The van der Waals surface area contributed by atoms with Gasteiger partial charge in [-0.25, -0.2) is 0 Å². The third kappa shape index (κ3) is 4.66. The lowest BCUT2D eigenvalue weighted by atomic mass is 9.93. The summed E-state index contributed by atoms with van der Waals surface area (Å²) in [6.07, 6.45) is 0.522. The zero-order valence-electron chi connectivity index (χ0n) is 19.5. The fourth-order valence-corrected chi connectivity index (χ4v) is 4.04. The average molecular weight is 456 g/mol. The number of hydrogen-bond acceptors (Lipinski definition) is 7. The molecule has 0 aromatic heterocycles. The lowest BCUT2D eigenvalue weighted by Gasteiger charge is -2.27. The Hall–Kier alpha value is -3.52. The molecular weight excluding hydrogens is 426 g/mol. The van der Waals surface area contributed by atoms with Crippen LogP contribution in [0.25, 0.3) is 5.76 Å². The normalized spacial score (nSPS) is 17.4. The van der Waals surface area contributed by atoms with Crippen LogP contribution in [0.1, 0.15) is 29.2 Å². The number of ketones is 1. The molecule has 2 aromatic carbocycles. The number of Topliss-reactive ketones (excluding diaryl/α,β-unsaturated/α-hetero) is 1. The van der Waals surface area contributed by atoms with Crippen LogP contribution in [0, 0.1) is 6.92 Å². The van der Waals surface area contributed by atoms with Crippen molar-refractivity contribution in [2.45, 2.75) is 19.4 Å². The molecule has 8 nitrogen and oxygen atoms in total. The Bertz CT molecular complexity index is 1080. The fraction of sp³-hybridized carbons (Fsp3) is 0.360. The van der Waals surface area contributed by atoms with Crippen molar-refractivity contribution in [2.24, 2.45) is 0 Å². The zero-order valence-corrected chi connectivity index (χ0v) is 19.5. The van der Waals surface area contributed by atoms with Crippen molar-refractivity contribution in [1.82, 2.24) is 4.90 Å². The molecule has 0 spiro atoms.